The van der Waals surface area contributed by atoms with Gasteiger partial charge in [-0.2, -0.15) is 0 Å². The highest BCUT2D eigenvalue weighted by Crippen LogP contribution is 2.12. The maximum atomic E-state index is 13.0. The summed E-state index contributed by atoms with van der Waals surface area (Å²) in [4.78, 5) is 23.4. The Labute approximate surface area is 122 Å². The zero-order valence-corrected chi connectivity index (χ0v) is 10.9. The summed E-state index contributed by atoms with van der Waals surface area (Å²) in [6.45, 7) is 0. The summed E-state index contributed by atoms with van der Waals surface area (Å²) in [5.74, 6) is -6.03. The van der Waals surface area contributed by atoms with Gasteiger partial charge in [0, 0.05) is 11.1 Å². The Morgan fingerprint density at radius 3 is 1.32 bits per heavy atom. The average Bonchev–Trinajstić information content (AvgIpc) is 2.50. The van der Waals surface area contributed by atoms with Crippen molar-refractivity contribution in [2.24, 2.45) is 0 Å². The molecule has 0 aromatic heterocycles. The van der Waals surface area contributed by atoms with Crippen molar-refractivity contribution in [2.75, 3.05) is 0 Å². The molecule has 0 unspecified atom stereocenters. The highest BCUT2D eigenvalue weighted by atomic mass is 19.2. The van der Waals surface area contributed by atoms with E-state index in [9.17, 15) is 27.2 Å². The lowest BCUT2D eigenvalue weighted by Gasteiger charge is -1.98. The summed E-state index contributed by atoms with van der Waals surface area (Å²) < 4.78 is 51.5. The van der Waals surface area contributed by atoms with Crippen LogP contribution in [0.5, 0.6) is 0 Å². The molecule has 0 saturated carbocycles. The van der Waals surface area contributed by atoms with E-state index in [-0.39, 0.29) is 11.1 Å². The smallest absolute Gasteiger partial charge is 0.186 e. The molecule has 0 N–H and O–H groups in total. The van der Waals surface area contributed by atoms with Gasteiger partial charge in [-0.3, -0.25) is 9.59 Å². The monoisotopic (exact) mass is 308 g/mol. The number of hydrogen-bond donors (Lipinski definition) is 0. The van der Waals surface area contributed by atoms with E-state index in [1.54, 1.807) is 0 Å². The minimum Gasteiger partial charge on any atom is -0.289 e. The van der Waals surface area contributed by atoms with Crippen molar-refractivity contribution in [3.8, 4) is 0 Å². The zero-order valence-electron chi connectivity index (χ0n) is 10.9. The Kier molecular flexibility index (Phi) is 4.50. The van der Waals surface area contributed by atoms with Crippen LogP contribution in [0.4, 0.5) is 17.6 Å². The second-order valence-corrected chi connectivity index (χ2v) is 4.32. The van der Waals surface area contributed by atoms with Gasteiger partial charge in [0.05, 0.1) is 0 Å². The van der Waals surface area contributed by atoms with Crippen molar-refractivity contribution in [3.05, 3.63) is 82.9 Å². The number of allylic oxidation sites excluding steroid dienone is 2. The maximum Gasteiger partial charge on any atom is 0.186 e. The second kappa shape index (κ2) is 6.34. The number of ketones is 2. The third-order valence-electron chi connectivity index (χ3n) is 2.79. The van der Waals surface area contributed by atoms with Gasteiger partial charge in [-0.1, -0.05) is 0 Å². The number of carbonyl (C=O) groups is 2. The zero-order chi connectivity index (χ0) is 16.3. The fourth-order valence-electron chi connectivity index (χ4n) is 1.64. The molecule has 2 aromatic rings. The van der Waals surface area contributed by atoms with Gasteiger partial charge in [-0.25, -0.2) is 17.6 Å². The molecule has 0 atom stereocenters. The van der Waals surface area contributed by atoms with E-state index in [0.29, 0.717) is 12.1 Å². The van der Waals surface area contributed by atoms with Crippen molar-refractivity contribution in [2.45, 2.75) is 0 Å². The van der Waals surface area contributed by atoms with Gasteiger partial charge in [0.15, 0.2) is 34.8 Å². The first kappa shape index (κ1) is 15.6. The number of hydrogen-bond acceptors (Lipinski definition) is 2. The molecule has 112 valence electrons. The molecule has 2 aromatic carbocycles. The summed E-state index contributed by atoms with van der Waals surface area (Å²) in [5.41, 5.74) is -0.290. The first-order valence-electron chi connectivity index (χ1n) is 6.05. The van der Waals surface area contributed by atoms with Crippen LogP contribution in [0.15, 0.2) is 48.6 Å². The molecule has 0 amide bonds. The van der Waals surface area contributed by atoms with Gasteiger partial charge in [0.1, 0.15) is 0 Å². The SMILES string of the molecule is O=C(/C=C/C(=O)c1ccc(F)c(F)c1)c1ccc(F)c(F)c1. The van der Waals surface area contributed by atoms with Gasteiger partial charge >= 0.3 is 0 Å². The van der Waals surface area contributed by atoms with E-state index in [0.717, 1.165) is 36.4 Å². The highest BCUT2D eigenvalue weighted by Gasteiger charge is 2.10. The molecule has 0 heterocycles. The number of halogens is 4. The molecule has 2 nitrogen and oxygen atoms in total. The molecule has 0 radical (unpaired) electrons. The van der Waals surface area contributed by atoms with Crippen molar-refractivity contribution in [1.82, 2.24) is 0 Å². The van der Waals surface area contributed by atoms with Gasteiger partial charge < -0.3 is 0 Å². The molecule has 0 aliphatic carbocycles. The van der Waals surface area contributed by atoms with Crippen LogP contribution in [0, 0.1) is 23.3 Å². The van der Waals surface area contributed by atoms with Crippen molar-refractivity contribution >= 4 is 11.6 Å². The van der Waals surface area contributed by atoms with Crippen LogP contribution in [0.3, 0.4) is 0 Å². The second-order valence-electron chi connectivity index (χ2n) is 4.32. The van der Waals surface area contributed by atoms with Gasteiger partial charge in [0.2, 0.25) is 0 Å². The summed E-state index contributed by atoms with van der Waals surface area (Å²) in [6.07, 6.45) is 1.69. The standard InChI is InChI=1S/C16H8F4O2/c17-11-3-1-9(7-13(11)19)15(21)5-6-16(22)10-2-4-12(18)14(20)8-10/h1-8H/b6-5+. The molecular formula is C16H8F4O2. The average molecular weight is 308 g/mol. The molecule has 6 heteroatoms. The quantitative estimate of drug-likeness (QED) is 0.488. The Hall–Kier alpha value is -2.76. The van der Waals surface area contributed by atoms with E-state index < -0.39 is 34.8 Å². The van der Waals surface area contributed by atoms with Crippen LogP contribution < -0.4 is 0 Å². The van der Waals surface area contributed by atoms with Crippen LogP contribution in [0.25, 0.3) is 0 Å². The van der Waals surface area contributed by atoms with Crippen LogP contribution in [0.1, 0.15) is 20.7 Å². The summed E-state index contributed by atoms with van der Waals surface area (Å²) >= 11 is 0. The summed E-state index contributed by atoms with van der Waals surface area (Å²) in [6, 6.07) is 5.09. The number of rotatable bonds is 4. The molecule has 0 aliphatic heterocycles. The normalized spacial score (nSPS) is 10.9. The molecule has 2 rings (SSSR count). The van der Waals surface area contributed by atoms with Crippen LogP contribution in [-0.2, 0) is 0 Å². The van der Waals surface area contributed by atoms with Crippen molar-refractivity contribution < 1.29 is 27.2 Å². The lowest BCUT2D eigenvalue weighted by atomic mass is 10.1. The van der Waals surface area contributed by atoms with Gasteiger partial charge in [0.25, 0.3) is 0 Å². The predicted molar refractivity (Wildman–Crippen MR) is 70.5 cm³/mol. The molecule has 0 saturated heterocycles. The largest absolute Gasteiger partial charge is 0.289 e. The van der Waals surface area contributed by atoms with E-state index in [1.807, 2.05) is 0 Å². The fourth-order valence-corrected chi connectivity index (χ4v) is 1.64. The third-order valence-corrected chi connectivity index (χ3v) is 2.79. The molecule has 0 bridgehead atoms. The Morgan fingerprint density at radius 2 is 1.00 bits per heavy atom. The Balaban J connectivity index is 2.16. The number of carbonyl (C=O) groups excluding carboxylic acids is 2. The topological polar surface area (TPSA) is 34.1 Å². The fraction of sp³-hybridized carbons (Fsp3) is 0. The number of benzene rings is 2. The Morgan fingerprint density at radius 1 is 0.636 bits per heavy atom. The Bertz CT molecular complexity index is 716. The molecular weight excluding hydrogens is 300 g/mol. The van der Waals surface area contributed by atoms with E-state index in [4.69, 9.17) is 0 Å². The lowest BCUT2D eigenvalue weighted by Crippen LogP contribution is -2.00. The van der Waals surface area contributed by atoms with Crippen molar-refractivity contribution in [3.63, 3.8) is 0 Å². The lowest BCUT2D eigenvalue weighted by molar-refractivity contribution is 0.102. The van der Waals surface area contributed by atoms with Crippen LogP contribution in [0.2, 0.25) is 0 Å². The molecule has 22 heavy (non-hydrogen) atoms. The first-order chi connectivity index (χ1) is 10.4. The highest BCUT2D eigenvalue weighted by molar-refractivity contribution is 6.11. The summed E-state index contributed by atoms with van der Waals surface area (Å²) in [7, 11) is 0. The van der Waals surface area contributed by atoms with Crippen LogP contribution in [-0.4, -0.2) is 11.6 Å². The van der Waals surface area contributed by atoms with E-state index >= 15 is 0 Å². The first-order valence-corrected chi connectivity index (χ1v) is 6.05. The van der Waals surface area contributed by atoms with E-state index in [1.165, 1.54) is 0 Å². The molecule has 0 spiro atoms. The molecule has 0 fully saturated rings. The third kappa shape index (κ3) is 3.46. The minimum atomic E-state index is -1.19. The predicted octanol–water partition coefficient (Wildman–Crippen LogP) is 3.86. The summed E-state index contributed by atoms with van der Waals surface area (Å²) in [5, 5.41) is 0. The maximum absolute atomic E-state index is 13.0. The van der Waals surface area contributed by atoms with E-state index in [2.05, 4.69) is 0 Å². The van der Waals surface area contributed by atoms with Gasteiger partial charge in [-0.15, -0.1) is 0 Å². The minimum absolute atomic E-state index is 0.145. The molecule has 0 aliphatic rings. The van der Waals surface area contributed by atoms with Crippen molar-refractivity contribution in [1.29, 1.82) is 0 Å². The van der Waals surface area contributed by atoms with Gasteiger partial charge in [-0.05, 0) is 48.6 Å². The van der Waals surface area contributed by atoms with Crippen LogP contribution >= 0.6 is 0 Å².